The van der Waals surface area contributed by atoms with Gasteiger partial charge in [-0.25, -0.2) is 9.78 Å². The molecule has 2 heterocycles. The molecule has 0 bridgehead atoms. The van der Waals surface area contributed by atoms with Crippen LogP contribution in [0, 0.1) is 0 Å². The van der Waals surface area contributed by atoms with Crippen LogP contribution in [0.3, 0.4) is 0 Å². The third-order valence-electron chi connectivity index (χ3n) is 4.26. The van der Waals surface area contributed by atoms with E-state index in [0.29, 0.717) is 0 Å². The number of carbonyl (C=O) groups is 1. The van der Waals surface area contributed by atoms with Crippen molar-refractivity contribution in [3.8, 4) is 0 Å². The van der Waals surface area contributed by atoms with Crippen molar-refractivity contribution in [1.82, 2.24) is 9.38 Å². The van der Waals surface area contributed by atoms with Crippen molar-refractivity contribution in [3.63, 3.8) is 0 Å². The lowest BCUT2D eigenvalue weighted by molar-refractivity contribution is 0.0360. The van der Waals surface area contributed by atoms with Gasteiger partial charge < -0.3 is 13.8 Å². The van der Waals surface area contributed by atoms with Crippen LogP contribution >= 0.6 is 23.5 Å². The molecule has 0 saturated heterocycles. The quantitative estimate of drug-likeness (QED) is 0.265. The lowest BCUT2D eigenvalue weighted by Crippen LogP contribution is -2.18. The number of nitrogens with zero attached hydrogens (tertiary/aromatic N) is 2. The Bertz CT molecular complexity index is 1110. The number of halogens is 3. The Hall–Kier alpha value is -2.13. The topological polar surface area (TPSA) is 79.1 Å². The van der Waals surface area contributed by atoms with Crippen LogP contribution in [-0.2, 0) is 30.6 Å². The Morgan fingerprint density at radius 3 is 2.42 bits per heavy atom. The number of hydrogen-bond acceptors (Lipinski definition) is 6. The van der Waals surface area contributed by atoms with Gasteiger partial charge in [0.15, 0.2) is 5.69 Å². The van der Waals surface area contributed by atoms with Gasteiger partial charge in [0.2, 0.25) is 0 Å². The van der Waals surface area contributed by atoms with Crippen LogP contribution in [0.5, 0.6) is 0 Å². The highest BCUT2D eigenvalue weighted by atomic mass is 79.9. The summed E-state index contributed by atoms with van der Waals surface area (Å²) >= 11 is 3.25. The first kappa shape index (κ1) is 23.5. The number of pyridine rings is 1. The van der Waals surface area contributed by atoms with Gasteiger partial charge in [-0.1, -0.05) is 30.3 Å². The van der Waals surface area contributed by atoms with Crippen molar-refractivity contribution in [3.05, 3.63) is 70.1 Å². The van der Waals surface area contributed by atoms with Crippen molar-refractivity contribution >= 4 is 35.1 Å². The van der Waals surface area contributed by atoms with Gasteiger partial charge in [-0.15, -0.1) is 0 Å². The molecule has 2 aromatic heterocycles. The highest BCUT2D eigenvalue weighted by Crippen LogP contribution is 2.66. The molecule has 1 aromatic carbocycles. The van der Waals surface area contributed by atoms with E-state index in [1.54, 1.807) is 12.1 Å². The van der Waals surface area contributed by atoms with Crippen LogP contribution in [-0.4, -0.2) is 28.6 Å². The fraction of sp³-hybridized carbons (Fsp3) is 0.300. The highest BCUT2D eigenvalue weighted by molar-refractivity contribution is 9.10. The Morgan fingerprint density at radius 2 is 1.81 bits per heavy atom. The lowest BCUT2D eigenvalue weighted by Gasteiger charge is -2.25. The molecule has 0 spiro atoms. The van der Waals surface area contributed by atoms with E-state index in [4.69, 9.17) is 13.8 Å². The van der Waals surface area contributed by atoms with Gasteiger partial charge in [0.05, 0.1) is 13.2 Å². The third-order valence-corrected chi connectivity index (χ3v) is 7.16. The van der Waals surface area contributed by atoms with Crippen LogP contribution in [0.2, 0.25) is 0 Å². The van der Waals surface area contributed by atoms with Crippen LogP contribution in [0.4, 0.5) is 8.78 Å². The molecule has 3 aromatic rings. The van der Waals surface area contributed by atoms with Gasteiger partial charge in [-0.05, 0) is 47.5 Å². The van der Waals surface area contributed by atoms with Crippen molar-refractivity contribution in [2.24, 2.45) is 0 Å². The van der Waals surface area contributed by atoms with Crippen LogP contribution in [0.1, 0.15) is 35.5 Å². The van der Waals surface area contributed by atoms with Gasteiger partial charge in [0, 0.05) is 11.8 Å². The normalized spacial score (nSPS) is 12.3. The summed E-state index contributed by atoms with van der Waals surface area (Å²) in [5, 5.41) is 0. The predicted octanol–water partition coefficient (Wildman–Crippen LogP) is 5.77. The number of hydrogen-bond donors (Lipinski definition) is 0. The summed E-state index contributed by atoms with van der Waals surface area (Å²) in [5.74, 6) is -0.720. The maximum Gasteiger partial charge on any atom is 0.404 e. The second kappa shape index (κ2) is 9.56. The maximum absolute atomic E-state index is 15.0. The standard InChI is InChI=1S/C20H20BrF2N2O5P/c1-3-29-31(27,30-4-2)20(22,23)15-10-11-25-16(12-15)24-17(18(25)21)19(26)28-13-14-8-6-5-7-9-14/h5-12H,3-4,13H2,1-2H3. The summed E-state index contributed by atoms with van der Waals surface area (Å²) in [6.07, 6.45) is 1.28. The fourth-order valence-electron chi connectivity index (χ4n) is 2.82. The zero-order valence-electron chi connectivity index (χ0n) is 16.8. The van der Waals surface area contributed by atoms with Crippen molar-refractivity contribution in [2.75, 3.05) is 13.2 Å². The zero-order valence-corrected chi connectivity index (χ0v) is 19.2. The van der Waals surface area contributed by atoms with Crippen molar-refractivity contribution in [2.45, 2.75) is 26.1 Å². The van der Waals surface area contributed by atoms with E-state index in [1.165, 1.54) is 24.4 Å². The number of ether oxygens (including phenoxy) is 1. The molecule has 0 aliphatic carbocycles. The van der Waals surface area contributed by atoms with E-state index in [9.17, 15) is 9.36 Å². The number of imidazole rings is 1. The number of rotatable bonds is 9. The minimum absolute atomic E-state index is 0.0369. The molecular formula is C20H20BrF2N2O5P. The molecule has 0 amide bonds. The molecule has 0 saturated carbocycles. The largest absolute Gasteiger partial charge is 0.456 e. The molecule has 3 rings (SSSR count). The molecule has 0 unspecified atom stereocenters. The average Bonchev–Trinajstić information content (AvgIpc) is 3.09. The molecule has 0 N–H and O–H groups in total. The molecule has 0 aliphatic rings. The molecule has 7 nitrogen and oxygen atoms in total. The van der Waals surface area contributed by atoms with E-state index in [1.807, 2.05) is 18.2 Å². The Kier molecular flexibility index (Phi) is 7.26. The van der Waals surface area contributed by atoms with Crippen LogP contribution in [0.15, 0.2) is 53.3 Å². The summed E-state index contributed by atoms with van der Waals surface area (Å²) in [6.45, 7) is 2.52. The average molecular weight is 517 g/mol. The van der Waals surface area contributed by atoms with E-state index in [2.05, 4.69) is 20.9 Å². The number of aromatic nitrogens is 2. The van der Waals surface area contributed by atoms with Gasteiger partial charge in [0.1, 0.15) is 16.9 Å². The van der Waals surface area contributed by atoms with Gasteiger partial charge in [-0.2, -0.15) is 8.78 Å². The number of alkyl halides is 2. The highest BCUT2D eigenvalue weighted by Gasteiger charge is 2.55. The first-order valence-corrected chi connectivity index (χ1v) is 11.7. The minimum Gasteiger partial charge on any atom is -0.456 e. The molecular weight excluding hydrogens is 497 g/mol. The van der Waals surface area contributed by atoms with Crippen molar-refractivity contribution < 1.29 is 31.9 Å². The third kappa shape index (κ3) is 4.72. The Balaban J connectivity index is 1.91. The first-order chi connectivity index (χ1) is 14.7. The van der Waals surface area contributed by atoms with Gasteiger partial charge in [-0.3, -0.25) is 8.97 Å². The van der Waals surface area contributed by atoms with E-state index < -0.39 is 24.8 Å². The predicted molar refractivity (Wildman–Crippen MR) is 113 cm³/mol. The fourth-order valence-corrected chi connectivity index (χ4v) is 4.91. The zero-order chi connectivity index (χ0) is 22.6. The van der Waals surface area contributed by atoms with Crippen molar-refractivity contribution in [1.29, 1.82) is 0 Å². The SMILES string of the molecule is CCOP(=O)(OCC)C(F)(F)c1ccn2c(Br)c(C(=O)OCc3ccccc3)nc2c1. The van der Waals surface area contributed by atoms with Gasteiger partial charge in [0.25, 0.3) is 0 Å². The van der Waals surface area contributed by atoms with E-state index >= 15 is 8.78 Å². The molecule has 0 radical (unpaired) electrons. The molecule has 31 heavy (non-hydrogen) atoms. The molecule has 11 heteroatoms. The van der Waals surface area contributed by atoms with E-state index in [-0.39, 0.29) is 35.8 Å². The van der Waals surface area contributed by atoms with Crippen LogP contribution < -0.4 is 0 Å². The molecule has 0 fully saturated rings. The monoisotopic (exact) mass is 516 g/mol. The number of benzene rings is 1. The molecule has 0 atom stereocenters. The first-order valence-electron chi connectivity index (χ1n) is 9.39. The minimum atomic E-state index is -4.76. The lowest BCUT2D eigenvalue weighted by atomic mass is 10.2. The number of carbonyl (C=O) groups excluding carboxylic acids is 1. The molecule has 166 valence electrons. The Labute approximate surface area is 186 Å². The van der Waals surface area contributed by atoms with Gasteiger partial charge >= 0.3 is 19.2 Å². The summed E-state index contributed by atoms with van der Waals surface area (Å²) in [6, 6.07) is 11.2. The smallest absolute Gasteiger partial charge is 0.404 e. The molecule has 0 aliphatic heterocycles. The number of esters is 1. The summed E-state index contributed by atoms with van der Waals surface area (Å²) in [7, 11) is -4.76. The summed E-state index contributed by atoms with van der Waals surface area (Å²) in [4.78, 5) is 16.6. The summed E-state index contributed by atoms with van der Waals surface area (Å²) in [5.41, 5.74) is -3.76. The number of fused-ring (bicyclic) bond motifs is 1. The second-order valence-corrected chi connectivity index (χ2v) is 9.15. The summed E-state index contributed by atoms with van der Waals surface area (Å²) < 4.78 is 59.3. The second-order valence-electron chi connectivity index (χ2n) is 6.33. The Morgan fingerprint density at radius 1 is 1.16 bits per heavy atom. The van der Waals surface area contributed by atoms with E-state index in [0.717, 1.165) is 17.7 Å². The maximum atomic E-state index is 15.0. The van der Waals surface area contributed by atoms with Crippen LogP contribution in [0.25, 0.3) is 5.65 Å².